The molecular weight excluding hydrogens is 174 g/mol. The van der Waals surface area contributed by atoms with Crippen LogP contribution in [-0.4, -0.2) is 30.2 Å². The predicted octanol–water partition coefficient (Wildman–Crippen LogP) is 1.83. The van der Waals surface area contributed by atoms with E-state index >= 15 is 0 Å². The average molecular weight is 189 g/mol. The minimum atomic E-state index is 0.535. The van der Waals surface area contributed by atoms with Crippen LogP contribution in [0.15, 0.2) is 30.3 Å². The molecule has 0 N–H and O–H groups in total. The molecule has 2 aliphatic rings. The topological polar surface area (TPSA) is 15.8 Å². The minimum absolute atomic E-state index is 0.535. The Bertz CT molecular complexity index is 314. The van der Waals surface area contributed by atoms with Gasteiger partial charge in [0.25, 0.3) is 0 Å². The fourth-order valence-corrected chi connectivity index (χ4v) is 2.30. The normalized spacial score (nSPS) is 32.6. The van der Waals surface area contributed by atoms with Crippen molar-refractivity contribution < 1.29 is 4.74 Å². The van der Waals surface area contributed by atoms with Gasteiger partial charge in [0, 0.05) is 19.1 Å². The maximum atomic E-state index is 5.43. The van der Waals surface area contributed by atoms with Gasteiger partial charge in [0.1, 0.15) is 0 Å². The lowest BCUT2D eigenvalue weighted by Crippen LogP contribution is -2.27. The second-order valence-corrected chi connectivity index (χ2v) is 4.25. The third kappa shape index (κ3) is 1.35. The largest absolute Gasteiger partial charge is 0.367 e. The van der Waals surface area contributed by atoms with Crippen molar-refractivity contribution in [2.45, 2.75) is 25.2 Å². The van der Waals surface area contributed by atoms with Crippen LogP contribution in [-0.2, 0) is 4.74 Å². The molecule has 3 rings (SSSR count). The zero-order valence-corrected chi connectivity index (χ0v) is 8.39. The third-order valence-corrected chi connectivity index (χ3v) is 3.35. The summed E-state index contributed by atoms with van der Waals surface area (Å²) in [4.78, 5) is 2.51. The van der Waals surface area contributed by atoms with E-state index in [2.05, 4.69) is 42.2 Å². The van der Waals surface area contributed by atoms with Crippen molar-refractivity contribution in [3.8, 4) is 0 Å². The van der Waals surface area contributed by atoms with Crippen molar-refractivity contribution in [2.75, 3.05) is 13.1 Å². The number of benzene rings is 1. The third-order valence-electron chi connectivity index (χ3n) is 3.35. The lowest BCUT2D eigenvalue weighted by atomic mass is 10.1. The van der Waals surface area contributed by atoms with E-state index in [9.17, 15) is 0 Å². The molecular formula is C12H15NO. The van der Waals surface area contributed by atoms with Crippen LogP contribution in [0.2, 0.25) is 0 Å². The Hall–Kier alpha value is -0.860. The second kappa shape index (κ2) is 3.07. The molecule has 1 aromatic carbocycles. The fourth-order valence-electron chi connectivity index (χ4n) is 2.30. The van der Waals surface area contributed by atoms with Crippen molar-refractivity contribution in [3.05, 3.63) is 35.9 Å². The first-order valence-electron chi connectivity index (χ1n) is 5.29. The van der Waals surface area contributed by atoms with Crippen LogP contribution < -0.4 is 0 Å². The molecule has 3 atom stereocenters. The summed E-state index contributed by atoms with van der Waals surface area (Å²) in [6.45, 7) is 4.50. The predicted molar refractivity (Wildman–Crippen MR) is 55.1 cm³/mol. The van der Waals surface area contributed by atoms with Crippen LogP contribution >= 0.6 is 0 Å². The molecule has 0 saturated carbocycles. The lowest BCUT2D eigenvalue weighted by Gasteiger charge is -2.25. The maximum absolute atomic E-state index is 5.43. The minimum Gasteiger partial charge on any atom is -0.367 e. The molecule has 2 aliphatic heterocycles. The zero-order valence-electron chi connectivity index (χ0n) is 8.39. The van der Waals surface area contributed by atoms with Gasteiger partial charge < -0.3 is 4.74 Å². The first-order chi connectivity index (χ1) is 6.84. The number of morpholine rings is 1. The van der Waals surface area contributed by atoms with Gasteiger partial charge in [0.15, 0.2) is 0 Å². The van der Waals surface area contributed by atoms with Gasteiger partial charge in [0.2, 0.25) is 0 Å². The van der Waals surface area contributed by atoms with E-state index in [1.165, 1.54) is 5.56 Å². The van der Waals surface area contributed by atoms with Crippen LogP contribution in [0, 0.1) is 0 Å². The van der Waals surface area contributed by atoms with E-state index in [0.717, 1.165) is 13.1 Å². The highest BCUT2D eigenvalue weighted by Gasteiger charge is 2.48. The van der Waals surface area contributed by atoms with E-state index in [1.54, 1.807) is 0 Å². The summed E-state index contributed by atoms with van der Waals surface area (Å²) in [5.41, 5.74) is 1.41. The highest BCUT2D eigenvalue weighted by molar-refractivity contribution is 5.19. The van der Waals surface area contributed by atoms with Crippen LogP contribution in [0.3, 0.4) is 0 Å². The SMILES string of the molecule is CC(c1ccccc1)N1CC2OC2C1. The van der Waals surface area contributed by atoms with E-state index in [-0.39, 0.29) is 0 Å². The molecule has 1 aromatic rings. The molecule has 0 radical (unpaired) electrons. The Morgan fingerprint density at radius 1 is 1.21 bits per heavy atom. The molecule has 2 saturated heterocycles. The summed E-state index contributed by atoms with van der Waals surface area (Å²) in [7, 11) is 0. The van der Waals surface area contributed by atoms with Crippen molar-refractivity contribution in [2.24, 2.45) is 0 Å². The van der Waals surface area contributed by atoms with Gasteiger partial charge in [-0.3, -0.25) is 4.90 Å². The number of ether oxygens (including phenoxy) is 1. The number of nitrogens with zero attached hydrogens (tertiary/aromatic N) is 1. The Balaban J connectivity index is 1.73. The Kier molecular flexibility index (Phi) is 1.85. The number of fused-ring (bicyclic) bond motifs is 1. The monoisotopic (exact) mass is 189 g/mol. The molecule has 0 aliphatic carbocycles. The van der Waals surface area contributed by atoms with Gasteiger partial charge in [-0.2, -0.15) is 0 Å². The number of hydrogen-bond acceptors (Lipinski definition) is 2. The van der Waals surface area contributed by atoms with Gasteiger partial charge in [0.05, 0.1) is 12.2 Å². The molecule has 14 heavy (non-hydrogen) atoms. The maximum Gasteiger partial charge on any atom is 0.0981 e. The summed E-state index contributed by atoms with van der Waals surface area (Å²) in [5.74, 6) is 0. The van der Waals surface area contributed by atoms with Crippen molar-refractivity contribution in [3.63, 3.8) is 0 Å². The van der Waals surface area contributed by atoms with Crippen LogP contribution in [0.25, 0.3) is 0 Å². The molecule has 74 valence electrons. The van der Waals surface area contributed by atoms with Crippen molar-refractivity contribution in [1.82, 2.24) is 4.90 Å². The molecule has 2 fully saturated rings. The van der Waals surface area contributed by atoms with Crippen LogP contribution in [0.1, 0.15) is 18.5 Å². The Labute approximate surface area is 84.5 Å². The first kappa shape index (κ1) is 8.45. The molecule has 0 amide bonds. The van der Waals surface area contributed by atoms with Gasteiger partial charge in [-0.05, 0) is 12.5 Å². The molecule has 2 nitrogen and oxygen atoms in total. The van der Waals surface area contributed by atoms with Crippen LogP contribution in [0.4, 0.5) is 0 Å². The average Bonchev–Trinajstić information content (AvgIpc) is 2.86. The Morgan fingerprint density at radius 2 is 1.86 bits per heavy atom. The summed E-state index contributed by atoms with van der Waals surface area (Å²) < 4.78 is 5.43. The molecule has 3 unspecified atom stereocenters. The van der Waals surface area contributed by atoms with Crippen molar-refractivity contribution >= 4 is 0 Å². The van der Waals surface area contributed by atoms with Gasteiger partial charge in [-0.1, -0.05) is 30.3 Å². The highest BCUT2D eigenvalue weighted by Crippen LogP contribution is 2.35. The number of likely N-dealkylation sites (tertiary alicyclic amines) is 1. The van der Waals surface area contributed by atoms with E-state index in [4.69, 9.17) is 4.74 Å². The summed E-state index contributed by atoms with van der Waals surface area (Å²) >= 11 is 0. The first-order valence-corrected chi connectivity index (χ1v) is 5.29. The van der Waals surface area contributed by atoms with Gasteiger partial charge in [-0.25, -0.2) is 0 Å². The smallest absolute Gasteiger partial charge is 0.0981 e. The molecule has 0 bridgehead atoms. The van der Waals surface area contributed by atoms with Gasteiger partial charge in [-0.15, -0.1) is 0 Å². The molecule has 2 heterocycles. The van der Waals surface area contributed by atoms with E-state index in [1.807, 2.05) is 0 Å². The molecule has 0 aromatic heterocycles. The quantitative estimate of drug-likeness (QED) is 0.660. The summed E-state index contributed by atoms with van der Waals surface area (Å²) in [6.07, 6.45) is 1.09. The molecule has 2 heteroatoms. The summed E-state index contributed by atoms with van der Waals surface area (Å²) in [6, 6.07) is 11.2. The highest BCUT2D eigenvalue weighted by atomic mass is 16.6. The van der Waals surface area contributed by atoms with E-state index in [0.29, 0.717) is 18.2 Å². The van der Waals surface area contributed by atoms with Crippen molar-refractivity contribution in [1.29, 1.82) is 0 Å². The van der Waals surface area contributed by atoms with E-state index < -0.39 is 0 Å². The van der Waals surface area contributed by atoms with Crippen LogP contribution in [0.5, 0.6) is 0 Å². The molecule has 0 spiro atoms. The summed E-state index contributed by atoms with van der Waals surface area (Å²) in [5, 5.41) is 0. The Morgan fingerprint density at radius 3 is 2.50 bits per heavy atom. The zero-order chi connectivity index (χ0) is 9.54. The van der Waals surface area contributed by atoms with Gasteiger partial charge >= 0.3 is 0 Å². The standard InChI is InChI=1S/C12H15NO/c1-9(10-5-3-2-4-6-10)13-7-11-12(8-13)14-11/h2-6,9,11-12H,7-8H2,1H3. The number of hydrogen-bond donors (Lipinski definition) is 0. The fraction of sp³-hybridized carbons (Fsp3) is 0.500. The second-order valence-electron chi connectivity index (χ2n) is 4.25. The number of rotatable bonds is 2. The lowest BCUT2D eigenvalue weighted by molar-refractivity contribution is 0.165. The number of epoxide rings is 1.